The van der Waals surface area contributed by atoms with Crippen LogP contribution in [0.3, 0.4) is 0 Å². The molecule has 0 saturated carbocycles. The summed E-state index contributed by atoms with van der Waals surface area (Å²) in [7, 11) is 0. The number of non-ortho nitro benzene ring substituents is 1. The molecule has 1 fully saturated rings. The molecule has 0 aromatic heterocycles. The van der Waals surface area contributed by atoms with Gasteiger partial charge < -0.3 is 0 Å². The van der Waals surface area contributed by atoms with Crippen LogP contribution in [0.2, 0.25) is 0 Å². The van der Waals surface area contributed by atoms with E-state index in [4.69, 9.17) is 0 Å². The van der Waals surface area contributed by atoms with E-state index in [0.29, 0.717) is 12.1 Å². The average Bonchev–Trinajstić information content (AvgIpc) is 2.30. The van der Waals surface area contributed by atoms with Crippen LogP contribution >= 0.6 is 0 Å². The zero-order valence-corrected chi connectivity index (χ0v) is 9.48. The molecule has 1 aromatic rings. The van der Waals surface area contributed by atoms with Crippen molar-refractivity contribution in [2.75, 3.05) is 0 Å². The second-order valence-electron chi connectivity index (χ2n) is 4.08. The van der Waals surface area contributed by atoms with E-state index in [9.17, 15) is 28.5 Å². The number of amides is 2. The fraction of sp³-hybridized carbons (Fsp3) is 0.273. The van der Waals surface area contributed by atoms with E-state index < -0.39 is 45.5 Å². The van der Waals surface area contributed by atoms with Crippen LogP contribution in [0.4, 0.5) is 14.5 Å². The van der Waals surface area contributed by atoms with E-state index in [1.165, 1.54) is 0 Å². The monoisotopic (exact) mass is 270 g/mol. The van der Waals surface area contributed by atoms with Crippen LogP contribution < -0.4 is 5.32 Å². The summed E-state index contributed by atoms with van der Waals surface area (Å²) in [6, 6.07) is 1.12. The van der Waals surface area contributed by atoms with Gasteiger partial charge in [0, 0.05) is 12.0 Å². The number of piperidine rings is 1. The summed E-state index contributed by atoms with van der Waals surface area (Å²) in [6.45, 7) is 0. The number of nitro groups is 1. The minimum atomic E-state index is -1.17. The fourth-order valence-electron chi connectivity index (χ4n) is 1.98. The lowest BCUT2D eigenvalue weighted by Crippen LogP contribution is -2.40. The van der Waals surface area contributed by atoms with Crippen LogP contribution in [-0.2, 0) is 9.59 Å². The number of nitrogens with zero attached hydrogens (tertiary/aromatic N) is 1. The Hall–Kier alpha value is -2.38. The Labute approximate surface area is 105 Å². The van der Waals surface area contributed by atoms with E-state index >= 15 is 0 Å². The molecule has 1 atom stereocenters. The SMILES string of the molecule is O=C1CCC(c2c(F)cc([N+](=O)[O-])cc2F)C(=O)N1. The molecular weight excluding hydrogens is 262 g/mol. The van der Waals surface area contributed by atoms with Crippen molar-refractivity contribution < 1.29 is 23.3 Å². The van der Waals surface area contributed by atoms with Crippen LogP contribution in [0.5, 0.6) is 0 Å². The lowest BCUT2D eigenvalue weighted by molar-refractivity contribution is -0.385. The third-order valence-corrected chi connectivity index (χ3v) is 2.86. The number of halogens is 2. The van der Waals surface area contributed by atoms with Crippen molar-refractivity contribution in [3.8, 4) is 0 Å². The van der Waals surface area contributed by atoms with Gasteiger partial charge in [-0.25, -0.2) is 8.78 Å². The molecule has 1 saturated heterocycles. The number of nitro benzene ring substituents is 1. The van der Waals surface area contributed by atoms with Gasteiger partial charge in [-0.15, -0.1) is 0 Å². The Kier molecular flexibility index (Phi) is 3.24. The first-order chi connectivity index (χ1) is 8.90. The Morgan fingerprint density at radius 3 is 2.32 bits per heavy atom. The molecule has 1 N–H and O–H groups in total. The summed E-state index contributed by atoms with van der Waals surface area (Å²) < 4.78 is 27.4. The number of benzene rings is 1. The highest BCUT2D eigenvalue weighted by Crippen LogP contribution is 2.31. The fourth-order valence-corrected chi connectivity index (χ4v) is 1.98. The maximum atomic E-state index is 13.7. The van der Waals surface area contributed by atoms with Gasteiger partial charge in [0.25, 0.3) is 5.69 Å². The third kappa shape index (κ3) is 2.42. The Bertz CT molecular complexity index is 565. The van der Waals surface area contributed by atoms with Gasteiger partial charge in [-0.2, -0.15) is 0 Å². The number of rotatable bonds is 2. The normalized spacial score (nSPS) is 19.2. The first kappa shape index (κ1) is 13.1. The summed E-state index contributed by atoms with van der Waals surface area (Å²) in [6.07, 6.45) is -0.0669. The van der Waals surface area contributed by atoms with Gasteiger partial charge >= 0.3 is 0 Å². The van der Waals surface area contributed by atoms with Gasteiger partial charge in [-0.05, 0) is 6.42 Å². The van der Waals surface area contributed by atoms with Gasteiger partial charge in [-0.1, -0.05) is 0 Å². The van der Waals surface area contributed by atoms with Gasteiger partial charge in [-0.3, -0.25) is 25.0 Å². The number of imide groups is 1. The quantitative estimate of drug-likeness (QED) is 0.499. The van der Waals surface area contributed by atoms with Crippen molar-refractivity contribution in [2.45, 2.75) is 18.8 Å². The molecule has 100 valence electrons. The van der Waals surface area contributed by atoms with Crippen LogP contribution in [-0.4, -0.2) is 16.7 Å². The van der Waals surface area contributed by atoms with E-state index in [0.717, 1.165) is 0 Å². The van der Waals surface area contributed by atoms with Crippen LogP contribution in [0, 0.1) is 21.7 Å². The van der Waals surface area contributed by atoms with Crippen molar-refractivity contribution in [2.24, 2.45) is 0 Å². The maximum absolute atomic E-state index is 13.7. The third-order valence-electron chi connectivity index (χ3n) is 2.86. The van der Waals surface area contributed by atoms with E-state index in [1.807, 2.05) is 5.32 Å². The molecule has 1 aliphatic rings. The molecular formula is C11H8F2N2O4. The molecule has 8 heteroatoms. The maximum Gasteiger partial charge on any atom is 0.275 e. The molecule has 2 rings (SSSR count). The molecule has 1 aliphatic heterocycles. The van der Waals surface area contributed by atoms with E-state index in [1.54, 1.807) is 0 Å². The van der Waals surface area contributed by atoms with Crippen LogP contribution in [0.15, 0.2) is 12.1 Å². The highest BCUT2D eigenvalue weighted by Gasteiger charge is 2.33. The second-order valence-corrected chi connectivity index (χ2v) is 4.08. The molecule has 0 aliphatic carbocycles. The second kappa shape index (κ2) is 4.71. The standard InChI is InChI=1S/C11H8F2N2O4/c12-7-3-5(15(18)19)4-8(13)10(7)6-1-2-9(16)14-11(6)17/h3-4,6H,1-2H2,(H,14,16,17). The number of carbonyl (C=O) groups is 2. The van der Waals surface area contributed by atoms with E-state index in [-0.39, 0.29) is 12.8 Å². The van der Waals surface area contributed by atoms with Crippen molar-refractivity contribution in [1.29, 1.82) is 0 Å². The molecule has 0 bridgehead atoms. The summed E-state index contributed by atoms with van der Waals surface area (Å²) in [5.41, 5.74) is -1.28. The zero-order chi connectivity index (χ0) is 14.2. The first-order valence-electron chi connectivity index (χ1n) is 5.37. The number of nitrogens with one attached hydrogen (secondary N) is 1. The molecule has 0 spiro atoms. The van der Waals surface area contributed by atoms with Gasteiger partial charge in [0.15, 0.2) is 0 Å². The molecule has 6 nitrogen and oxygen atoms in total. The zero-order valence-electron chi connectivity index (χ0n) is 9.48. The molecule has 1 heterocycles. The minimum Gasteiger partial charge on any atom is -0.296 e. The van der Waals surface area contributed by atoms with Crippen LogP contribution in [0.25, 0.3) is 0 Å². The summed E-state index contributed by atoms with van der Waals surface area (Å²) in [4.78, 5) is 32.0. The molecule has 1 aromatic carbocycles. The molecule has 2 amide bonds. The van der Waals surface area contributed by atoms with Gasteiger partial charge in [0.1, 0.15) is 11.6 Å². The minimum absolute atomic E-state index is 0.0314. The highest BCUT2D eigenvalue weighted by atomic mass is 19.1. The predicted molar refractivity (Wildman–Crippen MR) is 58.1 cm³/mol. The summed E-state index contributed by atoms with van der Waals surface area (Å²) in [5, 5.41) is 12.4. The van der Waals surface area contributed by atoms with Gasteiger partial charge in [0.05, 0.1) is 23.0 Å². The van der Waals surface area contributed by atoms with Crippen molar-refractivity contribution in [1.82, 2.24) is 5.32 Å². The number of hydrogen-bond acceptors (Lipinski definition) is 4. The van der Waals surface area contributed by atoms with Crippen molar-refractivity contribution in [3.63, 3.8) is 0 Å². The summed E-state index contributed by atoms with van der Waals surface area (Å²) >= 11 is 0. The summed E-state index contributed by atoms with van der Waals surface area (Å²) in [5.74, 6) is -4.80. The predicted octanol–water partition coefficient (Wildman–Crippen LogP) is 1.39. The Morgan fingerprint density at radius 1 is 1.26 bits per heavy atom. The lowest BCUT2D eigenvalue weighted by atomic mass is 9.89. The first-order valence-corrected chi connectivity index (χ1v) is 5.37. The van der Waals surface area contributed by atoms with Crippen molar-refractivity contribution in [3.05, 3.63) is 39.4 Å². The smallest absolute Gasteiger partial charge is 0.275 e. The lowest BCUT2D eigenvalue weighted by Gasteiger charge is -2.21. The highest BCUT2D eigenvalue weighted by molar-refractivity contribution is 6.01. The average molecular weight is 270 g/mol. The topological polar surface area (TPSA) is 89.3 Å². The Morgan fingerprint density at radius 2 is 1.84 bits per heavy atom. The van der Waals surface area contributed by atoms with Crippen LogP contribution in [0.1, 0.15) is 24.3 Å². The molecule has 0 radical (unpaired) electrons. The van der Waals surface area contributed by atoms with Gasteiger partial charge in [0.2, 0.25) is 11.8 Å². The van der Waals surface area contributed by atoms with E-state index in [2.05, 4.69) is 0 Å². The number of carbonyl (C=O) groups excluding carboxylic acids is 2. The molecule has 19 heavy (non-hydrogen) atoms. The Balaban J connectivity index is 2.43. The largest absolute Gasteiger partial charge is 0.296 e. The van der Waals surface area contributed by atoms with Crippen molar-refractivity contribution >= 4 is 17.5 Å². The molecule has 1 unspecified atom stereocenters. The number of hydrogen-bond donors (Lipinski definition) is 1.